The molecule has 4 saturated carbocycles. The van der Waals surface area contributed by atoms with Crippen LogP contribution in [0, 0.1) is 30.0 Å². The Kier molecular flexibility index (Phi) is 3.72. The summed E-state index contributed by atoms with van der Waals surface area (Å²) in [5, 5.41) is 3.10. The lowest BCUT2D eigenvalue weighted by Crippen LogP contribution is -2.57. The van der Waals surface area contributed by atoms with Crippen molar-refractivity contribution in [3.63, 3.8) is 0 Å². The van der Waals surface area contributed by atoms with Crippen molar-refractivity contribution in [3.8, 4) is 0 Å². The van der Waals surface area contributed by atoms with Crippen molar-refractivity contribution in [2.75, 3.05) is 5.32 Å². The zero-order chi connectivity index (χ0) is 18.6. The first-order chi connectivity index (χ1) is 13.0. The van der Waals surface area contributed by atoms with Gasteiger partial charge >= 0.3 is 0 Å². The third kappa shape index (κ3) is 2.79. The van der Waals surface area contributed by atoms with Crippen molar-refractivity contribution in [3.05, 3.63) is 65.5 Å². The number of carbonyl (C=O) groups excluding carboxylic acids is 1. The SMILES string of the molecule is Cc1ccc(C23C[C@@H]4C[C@@H](CC(C(=O)Nc5ccc(F)cc5)(C4)C2)C3)cc1. The molecule has 4 fully saturated rings. The van der Waals surface area contributed by atoms with Crippen LogP contribution >= 0.6 is 0 Å². The second-order valence-electron chi connectivity index (χ2n) is 9.35. The molecule has 0 saturated heterocycles. The summed E-state index contributed by atoms with van der Waals surface area (Å²) in [6.45, 7) is 2.13. The van der Waals surface area contributed by atoms with Crippen LogP contribution in [0.5, 0.6) is 0 Å². The minimum absolute atomic E-state index is 0.139. The third-order valence-corrected chi connectivity index (χ3v) is 7.31. The normalized spacial score (nSPS) is 33.9. The molecule has 4 aliphatic rings. The maximum absolute atomic E-state index is 13.4. The lowest BCUT2D eigenvalue weighted by Gasteiger charge is -2.61. The van der Waals surface area contributed by atoms with E-state index in [1.807, 2.05) is 0 Å². The van der Waals surface area contributed by atoms with E-state index in [9.17, 15) is 9.18 Å². The van der Waals surface area contributed by atoms with Gasteiger partial charge in [-0.15, -0.1) is 0 Å². The molecular formula is C24H26FNO. The molecule has 1 amide bonds. The van der Waals surface area contributed by atoms with E-state index in [1.54, 1.807) is 12.1 Å². The van der Waals surface area contributed by atoms with Gasteiger partial charge in [-0.25, -0.2) is 4.39 Å². The highest BCUT2D eigenvalue weighted by Gasteiger charge is 2.60. The molecule has 0 spiro atoms. The number of anilines is 1. The van der Waals surface area contributed by atoms with Gasteiger partial charge in [-0.2, -0.15) is 0 Å². The lowest BCUT2D eigenvalue weighted by molar-refractivity contribution is -0.143. The van der Waals surface area contributed by atoms with Gasteiger partial charge in [-0.3, -0.25) is 4.79 Å². The van der Waals surface area contributed by atoms with E-state index in [-0.39, 0.29) is 22.6 Å². The molecular weight excluding hydrogens is 337 g/mol. The van der Waals surface area contributed by atoms with Gasteiger partial charge in [0.15, 0.2) is 0 Å². The summed E-state index contributed by atoms with van der Waals surface area (Å²) >= 11 is 0. The minimum atomic E-state index is -0.277. The highest BCUT2D eigenvalue weighted by atomic mass is 19.1. The second-order valence-corrected chi connectivity index (χ2v) is 9.35. The topological polar surface area (TPSA) is 29.1 Å². The summed E-state index contributed by atoms with van der Waals surface area (Å²) in [5.74, 6) is 1.15. The second kappa shape index (κ2) is 5.92. The number of hydrogen-bond donors (Lipinski definition) is 1. The van der Waals surface area contributed by atoms with Gasteiger partial charge < -0.3 is 5.32 Å². The predicted octanol–water partition coefficient (Wildman–Crippen LogP) is 5.61. The Bertz CT molecular complexity index is 856. The van der Waals surface area contributed by atoms with Crippen LogP contribution in [0.3, 0.4) is 0 Å². The Hall–Kier alpha value is -2.16. The van der Waals surface area contributed by atoms with E-state index in [1.165, 1.54) is 42.5 Å². The first kappa shape index (κ1) is 17.0. The summed E-state index contributed by atoms with van der Waals surface area (Å²) < 4.78 is 13.2. The molecule has 3 heteroatoms. The van der Waals surface area contributed by atoms with Gasteiger partial charge in [-0.05, 0) is 92.5 Å². The average Bonchev–Trinajstić information content (AvgIpc) is 2.63. The van der Waals surface area contributed by atoms with Gasteiger partial charge in [-0.1, -0.05) is 29.8 Å². The quantitative estimate of drug-likeness (QED) is 0.754. The molecule has 0 aliphatic heterocycles. The van der Waals surface area contributed by atoms with Crippen molar-refractivity contribution in [1.29, 1.82) is 0 Å². The van der Waals surface area contributed by atoms with Crippen LogP contribution in [0.25, 0.3) is 0 Å². The number of halogens is 1. The molecule has 4 aliphatic carbocycles. The highest BCUT2D eigenvalue weighted by Crippen LogP contribution is 2.66. The first-order valence-electron chi connectivity index (χ1n) is 10.1. The van der Waals surface area contributed by atoms with Crippen molar-refractivity contribution < 1.29 is 9.18 Å². The van der Waals surface area contributed by atoms with Gasteiger partial charge in [0, 0.05) is 5.69 Å². The monoisotopic (exact) mass is 363 g/mol. The molecule has 4 atom stereocenters. The van der Waals surface area contributed by atoms with E-state index < -0.39 is 0 Å². The molecule has 6 rings (SSSR count). The van der Waals surface area contributed by atoms with Crippen molar-refractivity contribution in [2.45, 2.75) is 50.9 Å². The molecule has 0 radical (unpaired) electrons. The number of hydrogen-bond acceptors (Lipinski definition) is 1. The van der Waals surface area contributed by atoms with Crippen molar-refractivity contribution >= 4 is 11.6 Å². The predicted molar refractivity (Wildman–Crippen MR) is 105 cm³/mol. The van der Waals surface area contributed by atoms with Crippen LogP contribution in [-0.2, 0) is 10.2 Å². The molecule has 1 N–H and O–H groups in total. The largest absolute Gasteiger partial charge is 0.326 e. The molecule has 2 aromatic carbocycles. The Morgan fingerprint density at radius 1 is 0.963 bits per heavy atom. The maximum Gasteiger partial charge on any atom is 0.230 e. The van der Waals surface area contributed by atoms with E-state index in [2.05, 4.69) is 36.5 Å². The number of amides is 1. The zero-order valence-electron chi connectivity index (χ0n) is 15.8. The molecule has 0 aromatic heterocycles. The Morgan fingerprint density at radius 3 is 2.22 bits per heavy atom. The number of benzene rings is 2. The van der Waals surface area contributed by atoms with Gasteiger partial charge in [0.05, 0.1) is 5.41 Å². The molecule has 2 nitrogen and oxygen atoms in total. The summed E-state index contributed by atoms with van der Waals surface area (Å²) in [4.78, 5) is 13.4. The molecule has 2 aromatic rings. The lowest BCUT2D eigenvalue weighted by atomic mass is 9.42. The Balaban J connectivity index is 1.46. The van der Waals surface area contributed by atoms with Gasteiger partial charge in [0.25, 0.3) is 0 Å². The summed E-state index contributed by atoms with van der Waals surface area (Å²) in [7, 11) is 0. The number of carbonyl (C=O) groups is 1. The van der Waals surface area contributed by atoms with E-state index >= 15 is 0 Å². The molecule has 4 bridgehead atoms. The summed E-state index contributed by atoms with van der Waals surface area (Å²) in [6.07, 6.45) is 6.67. The third-order valence-electron chi connectivity index (χ3n) is 7.31. The van der Waals surface area contributed by atoms with Crippen LogP contribution in [0.1, 0.15) is 49.7 Å². The van der Waals surface area contributed by atoms with Crippen LogP contribution in [-0.4, -0.2) is 5.91 Å². The van der Waals surface area contributed by atoms with Crippen LogP contribution in [0.15, 0.2) is 48.5 Å². The maximum atomic E-state index is 13.4. The smallest absolute Gasteiger partial charge is 0.230 e. The fourth-order valence-electron chi connectivity index (χ4n) is 6.57. The summed E-state index contributed by atoms with van der Waals surface area (Å²) in [6, 6.07) is 15.1. The van der Waals surface area contributed by atoms with Crippen LogP contribution in [0.2, 0.25) is 0 Å². The van der Waals surface area contributed by atoms with Crippen molar-refractivity contribution in [1.82, 2.24) is 0 Å². The standard InChI is InChI=1S/C24H26FNO/c1-16-2-4-19(5-3-16)23-11-17-10-18(12-23)14-24(13-17,15-23)22(27)26-21-8-6-20(25)7-9-21/h2-9,17-18H,10-15H2,1H3,(H,26,27)/t17-,18+,23?,24?. The van der Waals surface area contributed by atoms with Gasteiger partial charge in [0.1, 0.15) is 5.82 Å². The van der Waals surface area contributed by atoms with Crippen molar-refractivity contribution in [2.24, 2.45) is 17.3 Å². The van der Waals surface area contributed by atoms with E-state index in [0.717, 1.165) is 19.3 Å². The fourth-order valence-corrected chi connectivity index (χ4v) is 6.57. The Labute approximate surface area is 160 Å². The number of aryl methyl sites for hydroxylation is 1. The number of nitrogens with one attached hydrogen (secondary N) is 1. The average molecular weight is 363 g/mol. The fraction of sp³-hybridized carbons (Fsp3) is 0.458. The van der Waals surface area contributed by atoms with E-state index in [4.69, 9.17) is 0 Å². The highest BCUT2D eigenvalue weighted by molar-refractivity contribution is 5.95. The first-order valence-corrected chi connectivity index (χ1v) is 10.1. The molecule has 0 heterocycles. The number of rotatable bonds is 3. The molecule has 140 valence electrons. The molecule has 2 unspecified atom stereocenters. The summed E-state index contributed by atoms with van der Waals surface area (Å²) in [5.41, 5.74) is 3.27. The van der Waals surface area contributed by atoms with E-state index in [0.29, 0.717) is 17.5 Å². The van der Waals surface area contributed by atoms with Crippen LogP contribution < -0.4 is 5.32 Å². The zero-order valence-corrected chi connectivity index (χ0v) is 15.8. The Morgan fingerprint density at radius 2 is 1.59 bits per heavy atom. The van der Waals surface area contributed by atoms with Gasteiger partial charge in [0.2, 0.25) is 5.91 Å². The molecule has 27 heavy (non-hydrogen) atoms. The van der Waals surface area contributed by atoms with Crippen LogP contribution in [0.4, 0.5) is 10.1 Å². The minimum Gasteiger partial charge on any atom is -0.326 e.